The summed E-state index contributed by atoms with van der Waals surface area (Å²) < 4.78 is 22.5. The second-order valence-corrected chi connectivity index (χ2v) is 3.09. The largest absolute Gasteiger partial charge is 0 e. The maximum atomic E-state index is 7.50. The predicted molar refractivity (Wildman–Crippen MR) is 65.9 cm³/mol. The summed E-state index contributed by atoms with van der Waals surface area (Å²) in [5.74, 6) is 0.743. The molecular weight excluding hydrogens is 286 g/mol. The first-order valence-corrected chi connectivity index (χ1v) is 5.19. The average Bonchev–Trinajstić information content (AvgIpc) is 2.51. The van der Waals surface area contributed by atoms with Crippen LogP contribution in [0.15, 0.2) is 37.0 Å². The summed E-state index contributed by atoms with van der Waals surface area (Å²) >= 11 is 0. The van der Waals surface area contributed by atoms with E-state index >= 15 is 0 Å². The van der Waals surface area contributed by atoms with E-state index in [1.165, 1.54) is 12.8 Å². The van der Waals surface area contributed by atoms with E-state index in [1.807, 2.05) is 6.08 Å². The molecule has 0 unspecified atom stereocenters. The van der Waals surface area contributed by atoms with Crippen LogP contribution in [0.2, 0.25) is 0 Å². The number of hydrogen-bond donors (Lipinski definition) is 1. The van der Waals surface area contributed by atoms with Crippen molar-refractivity contribution in [2.75, 3.05) is 13.1 Å². The first kappa shape index (κ1) is 26.5. The van der Waals surface area contributed by atoms with Crippen molar-refractivity contribution in [1.29, 1.82) is 0 Å². The molecule has 4 nitrogen and oxygen atoms in total. The maximum absolute atomic E-state index is 7.50. The monoisotopic (exact) mass is 303 g/mol. The minimum absolute atomic E-state index is 0. The molecule has 0 saturated heterocycles. The van der Waals surface area contributed by atoms with E-state index in [-0.39, 0.29) is 17.1 Å². The van der Waals surface area contributed by atoms with E-state index in [0.29, 0.717) is 0 Å². The van der Waals surface area contributed by atoms with Crippen LogP contribution in [0.4, 0.5) is 0 Å². The van der Waals surface area contributed by atoms with Gasteiger partial charge in [-0.2, -0.15) is 0 Å². The van der Waals surface area contributed by atoms with Gasteiger partial charge < -0.3 is 5.32 Å². The van der Waals surface area contributed by atoms with Gasteiger partial charge in [-0.25, -0.2) is 0 Å². The van der Waals surface area contributed by atoms with Crippen molar-refractivity contribution in [2.45, 2.75) is 12.8 Å². The summed E-state index contributed by atoms with van der Waals surface area (Å²) in [6.07, 6.45) is 13.1. The average molecular weight is 303 g/mol. The van der Waals surface area contributed by atoms with Crippen molar-refractivity contribution in [2.24, 2.45) is 5.92 Å². The molecule has 0 fully saturated rings. The van der Waals surface area contributed by atoms with E-state index in [4.69, 9.17) is 14.0 Å². The molecule has 1 atom stereocenters. The molecular formula is C14H17FeNO3. The van der Waals surface area contributed by atoms with E-state index in [0.717, 1.165) is 19.0 Å². The fourth-order valence-electron chi connectivity index (χ4n) is 1.34. The zero-order chi connectivity index (χ0) is 14.6. The minimum atomic E-state index is 0. The third-order valence-electron chi connectivity index (χ3n) is 2.05. The number of hydrogen-bond acceptors (Lipinski definition) is 1. The summed E-state index contributed by atoms with van der Waals surface area (Å²) in [7, 11) is 0. The Kier molecular flexibility index (Phi) is 42.1. The summed E-state index contributed by atoms with van der Waals surface area (Å²) in [4.78, 5) is 0. The van der Waals surface area contributed by atoms with Crippen molar-refractivity contribution >= 4 is 0 Å². The Morgan fingerprint density at radius 1 is 1.16 bits per heavy atom. The van der Waals surface area contributed by atoms with Gasteiger partial charge in [-0.15, -0.1) is 6.58 Å². The van der Waals surface area contributed by atoms with E-state index in [1.54, 1.807) is 0 Å². The SMILES string of the molecule is C=CCNCC[C@@H]1C=CC=CC1.[C-]#[O+].[C-]#[O+].[C-]#[O+].[Fe]. The standard InChI is InChI=1S/C11H17N.3CO.Fe/c1-2-9-12-10-8-11-6-4-3-5-7-11;3*1-2;/h2-6,11-12H,1,7-10H2;;;;/t11-;;;;/m1..../s1. The maximum Gasteiger partial charge on any atom is 0 e. The molecule has 0 saturated carbocycles. The van der Waals surface area contributed by atoms with Gasteiger partial charge in [0.1, 0.15) is 0 Å². The number of rotatable bonds is 5. The van der Waals surface area contributed by atoms with Crippen LogP contribution in [0.1, 0.15) is 12.8 Å². The second kappa shape index (κ2) is 30.2. The predicted octanol–water partition coefficient (Wildman–Crippen LogP) is 2.17. The molecule has 5 heteroatoms. The van der Waals surface area contributed by atoms with Crippen LogP contribution in [-0.2, 0) is 31.0 Å². The van der Waals surface area contributed by atoms with Gasteiger partial charge in [0.05, 0.1) is 0 Å². The Labute approximate surface area is 125 Å². The van der Waals surface area contributed by atoms with Crippen molar-refractivity contribution < 1.29 is 31.0 Å². The fraction of sp³-hybridized carbons (Fsp3) is 0.357. The minimum Gasteiger partial charge on any atom is 0 e. The van der Waals surface area contributed by atoms with E-state index < -0.39 is 0 Å². The molecule has 19 heavy (non-hydrogen) atoms. The van der Waals surface area contributed by atoms with Crippen LogP contribution in [-0.4, -0.2) is 13.1 Å². The molecule has 0 spiro atoms. The molecule has 104 valence electrons. The Bertz CT molecular complexity index is 279. The van der Waals surface area contributed by atoms with Crippen LogP contribution >= 0.6 is 0 Å². The molecule has 0 amide bonds. The van der Waals surface area contributed by atoms with Crippen LogP contribution in [0.25, 0.3) is 0 Å². The van der Waals surface area contributed by atoms with Crippen LogP contribution in [0.3, 0.4) is 0 Å². The topological polar surface area (TPSA) is 71.7 Å². The van der Waals surface area contributed by atoms with Crippen LogP contribution in [0, 0.1) is 25.9 Å². The molecule has 0 aromatic rings. The quantitative estimate of drug-likeness (QED) is 0.273. The molecule has 1 N–H and O–H groups in total. The molecule has 0 aromatic carbocycles. The van der Waals surface area contributed by atoms with Crippen LogP contribution < -0.4 is 5.32 Å². The molecule has 1 aliphatic rings. The van der Waals surface area contributed by atoms with Gasteiger partial charge >= 0.3 is 33.9 Å². The number of allylic oxidation sites excluding steroid dienone is 4. The number of nitrogens with one attached hydrogen (secondary N) is 1. The van der Waals surface area contributed by atoms with Gasteiger partial charge in [0, 0.05) is 23.6 Å². The van der Waals surface area contributed by atoms with Gasteiger partial charge in [0.2, 0.25) is 0 Å². The zero-order valence-electron chi connectivity index (χ0n) is 10.6. The smallest absolute Gasteiger partial charge is 0 e. The summed E-state index contributed by atoms with van der Waals surface area (Å²) in [6.45, 7) is 19.2. The third kappa shape index (κ3) is 22.6. The van der Waals surface area contributed by atoms with Crippen molar-refractivity contribution in [1.82, 2.24) is 5.32 Å². The Morgan fingerprint density at radius 3 is 2.16 bits per heavy atom. The first-order chi connectivity index (χ1) is 8.93. The van der Waals surface area contributed by atoms with Crippen molar-refractivity contribution in [3.63, 3.8) is 0 Å². The van der Waals surface area contributed by atoms with Gasteiger partial charge in [-0.1, -0.05) is 30.4 Å². The molecule has 1 rings (SSSR count). The van der Waals surface area contributed by atoms with E-state index in [2.05, 4.69) is 56.2 Å². The molecule has 0 bridgehead atoms. The third-order valence-corrected chi connectivity index (χ3v) is 2.05. The Hall–Kier alpha value is -1.08. The second-order valence-electron chi connectivity index (χ2n) is 3.09. The molecule has 0 aliphatic heterocycles. The van der Waals surface area contributed by atoms with E-state index in [9.17, 15) is 0 Å². The van der Waals surface area contributed by atoms with Gasteiger partial charge in [0.15, 0.2) is 0 Å². The summed E-state index contributed by atoms with van der Waals surface area (Å²) in [6, 6.07) is 0. The van der Waals surface area contributed by atoms with Gasteiger partial charge in [0.25, 0.3) is 0 Å². The van der Waals surface area contributed by atoms with Crippen molar-refractivity contribution in [3.8, 4) is 0 Å². The van der Waals surface area contributed by atoms with Crippen LogP contribution in [0.5, 0.6) is 0 Å². The van der Waals surface area contributed by atoms with Crippen molar-refractivity contribution in [3.05, 3.63) is 56.9 Å². The molecule has 0 radical (unpaired) electrons. The Balaban J connectivity index is -0.000000142. The summed E-state index contributed by atoms with van der Waals surface area (Å²) in [5.41, 5.74) is 0. The van der Waals surface area contributed by atoms with Gasteiger partial charge in [-0.3, -0.25) is 0 Å². The molecule has 0 heterocycles. The first-order valence-electron chi connectivity index (χ1n) is 5.19. The normalized spacial score (nSPS) is 13.7. The molecule has 1 aliphatic carbocycles. The fourth-order valence-corrected chi connectivity index (χ4v) is 1.34. The molecule has 0 aromatic heterocycles. The zero-order valence-corrected chi connectivity index (χ0v) is 11.7. The van der Waals surface area contributed by atoms with Gasteiger partial charge in [-0.05, 0) is 25.3 Å². The summed E-state index contributed by atoms with van der Waals surface area (Å²) in [5, 5.41) is 3.31. The Morgan fingerprint density at radius 2 is 1.74 bits per heavy atom.